The van der Waals surface area contributed by atoms with Crippen molar-refractivity contribution in [1.29, 1.82) is 0 Å². The maximum absolute atomic E-state index is 14.3. The minimum Gasteiger partial charge on any atom is -0.316 e. The molecule has 2 heteroatoms. The molecule has 20 heavy (non-hydrogen) atoms. The first-order chi connectivity index (χ1) is 9.53. The number of benzene rings is 1. The van der Waals surface area contributed by atoms with E-state index in [1.54, 1.807) is 12.1 Å². The van der Waals surface area contributed by atoms with Gasteiger partial charge in [-0.3, -0.25) is 0 Å². The third kappa shape index (κ3) is 2.50. The van der Waals surface area contributed by atoms with E-state index in [1.165, 1.54) is 32.1 Å². The quantitative estimate of drug-likeness (QED) is 0.796. The molecule has 110 valence electrons. The lowest BCUT2D eigenvalue weighted by molar-refractivity contribution is 0.0321. The Morgan fingerprint density at radius 3 is 2.70 bits per heavy atom. The van der Waals surface area contributed by atoms with Crippen molar-refractivity contribution in [2.24, 2.45) is 10.8 Å². The molecule has 2 fully saturated rings. The van der Waals surface area contributed by atoms with Gasteiger partial charge in [0.15, 0.2) is 0 Å². The van der Waals surface area contributed by atoms with Crippen LogP contribution in [0.4, 0.5) is 4.39 Å². The predicted molar refractivity (Wildman–Crippen MR) is 81.3 cm³/mol. The number of halogens is 1. The molecule has 0 aromatic heterocycles. The molecule has 1 aliphatic carbocycles. The van der Waals surface area contributed by atoms with Crippen LogP contribution in [0, 0.1) is 16.6 Å². The van der Waals surface area contributed by atoms with Gasteiger partial charge in [-0.25, -0.2) is 4.39 Å². The Kier molecular flexibility index (Phi) is 3.62. The topological polar surface area (TPSA) is 12.0 Å². The van der Waals surface area contributed by atoms with Crippen LogP contribution in [-0.4, -0.2) is 13.1 Å². The molecule has 0 bridgehead atoms. The zero-order valence-electron chi connectivity index (χ0n) is 12.7. The zero-order valence-corrected chi connectivity index (χ0v) is 12.7. The molecule has 1 nitrogen and oxygen atoms in total. The smallest absolute Gasteiger partial charge is 0.126 e. The van der Waals surface area contributed by atoms with Crippen LogP contribution in [0.1, 0.15) is 57.4 Å². The van der Waals surface area contributed by atoms with Gasteiger partial charge in [0.1, 0.15) is 5.82 Å². The number of hydrogen-bond acceptors (Lipinski definition) is 1. The number of rotatable bonds is 1. The number of piperidine rings is 1. The average Bonchev–Trinajstić information content (AvgIpc) is 2.39. The van der Waals surface area contributed by atoms with Crippen LogP contribution in [0.2, 0.25) is 0 Å². The average molecular weight is 275 g/mol. The van der Waals surface area contributed by atoms with Crippen molar-refractivity contribution >= 4 is 0 Å². The molecule has 1 N–H and O–H groups in total. The Hall–Kier alpha value is -0.890. The van der Waals surface area contributed by atoms with E-state index in [0.717, 1.165) is 18.7 Å². The van der Waals surface area contributed by atoms with E-state index in [9.17, 15) is 4.39 Å². The summed E-state index contributed by atoms with van der Waals surface area (Å²) in [5.41, 5.74) is 1.63. The monoisotopic (exact) mass is 275 g/mol. The van der Waals surface area contributed by atoms with E-state index >= 15 is 0 Å². The summed E-state index contributed by atoms with van der Waals surface area (Å²) in [6.07, 6.45) is 6.29. The highest BCUT2D eigenvalue weighted by atomic mass is 19.1. The summed E-state index contributed by atoms with van der Waals surface area (Å²) in [7, 11) is 0. The van der Waals surface area contributed by atoms with Gasteiger partial charge in [0.25, 0.3) is 0 Å². The second-order valence-corrected chi connectivity index (χ2v) is 7.59. The summed E-state index contributed by atoms with van der Waals surface area (Å²) in [4.78, 5) is 0. The second kappa shape index (κ2) is 5.14. The highest BCUT2D eigenvalue weighted by Gasteiger charge is 2.47. The molecule has 2 atom stereocenters. The molecular weight excluding hydrogens is 249 g/mol. The summed E-state index contributed by atoms with van der Waals surface area (Å²) >= 11 is 0. The Morgan fingerprint density at radius 1 is 1.15 bits per heavy atom. The molecule has 1 aromatic carbocycles. The minimum atomic E-state index is -0.0241. The SMILES string of the molecule is CC1(C)CCCC2(CCNCC2c2ccccc2F)C1. The molecule has 0 radical (unpaired) electrons. The largest absolute Gasteiger partial charge is 0.316 e. The molecule has 1 saturated heterocycles. The van der Waals surface area contributed by atoms with Crippen molar-refractivity contribution in [3.8, 4) is 0 Å². The Balaban J connectivity index is 1.97. The van der Waals surface area contributed by atoms with E-state index in [-0.39, 0.29) is 5.82 Å². The molecule has 1 heterocycles. The zero-order chi connectivity index (χ0) is 14.2. The fourth-order valence-corrected chi connectivity index (χ4v) is 4.73. The number of nitrogens with one attached hydrogen (secondary N) is 1. The van der Waals surface area contributed by atoms with E-state index < -0.39 is 0 Å². The van der Waals surface area contributed by atoms with Crippen LogP contribution in [-0.2, 0) is 0 Å². The lowest BCUT2D eigenvalue weighted by Crippen LogP contribution is -2.47. The van der Waals surface area contributed by atoms with E-state index in [0.29, 0.717) is 16.7 Å². The highest BCUT2D eigenvalue weighted by Crippen LogP contribution is 2.56. The standard InChI is InChI=1S/C18H26FN/c1-17(2)8-5-9-18(13-17)10-11-20-12-15(18)14-6-3-4-7-16(14)19/h3-4,6-7,15,20H,5,8-13H2,1-2H3. The Morgan fingerprint density at radius 2 is 1.95 bits per heavy atom. The van der Waals surface area contributed by atoms with Gasteiger partial charge in [-0.05, 0) is 54.7 Å². The van der Waals surface area contributed by atoms with Gasteiger partial charge < -0.3 is 5.32 Å². The van der Waals surface area contributed by atoms with Crippen LogP contribution < -0.4 is 5.32 Å². The second-order valence-electron chi connectivity index (χ2n) is 7.59. The van der Waals surface area contributed by atoms with Crippen LogP contribution in [0.25, 0.3) is 0 Å². The van der Waals surface area contributed by atoms with Gasteiger partial charge in [-0.1, -0.05) is 38.5 Å². The first-order valence-corrected chi connectivity index (χ1v) is 7.98. The van der Waals surface area contributed by atoms with Gasteiger partial charge in [-0.15, -0.1) is 0 Å². The first kappa shape index (κ1) is 14.1. The van der Waals surface area contributed by atoms with Crippen molar-refractivity contribution in [3.63, 3.8) is 0 Å². The van der Waals surface area contributed by atoms with Crippen LogP contribution >= 0.6 is 0 Å². The minimum absolute atomic E-state index is 0.0241. The lowest BCUT2D eigenvalue weighted by Gasteiger charge is -2.52. The van der Waals surface area contributed by atoms with Gasteiger partial charge in [0, 0.05) is 12.5 Å². The van der Waals surface area contributed by atoms with E-state index in [1.807, 2.05) is 12.1 Å². The predicted octanol–water partition coefficient (Wildman–Crippen LogP) is 4.49. The Labute approximate surface area is 122 Å². The third-order valence-electron chi connectivity index (χ3n) is 5.53. The molecule has 0 amide bonds. The molecule has 2 unspecified atom stereocenters. The molecule has 2 aliphatic rings. The van der Waals surface area contributed by atoms with Crippen LogP contribution in [0.15, 0.2) is 24.3 Å². The molecule has 1 saturated carbocycles. The molecular formula is C18H26FN. The summed E-state index contributed by atoms with van der Waals surface area (Å²) in [6.45, 7) is 6.78. The summed E-state index contributed by atoms with van der Waals surface area (Å²) in [5.74, 6) is 0.306. The van der Waals surface area contributed by atoms with Crippen molar-refractivity contribution < 1.29 is 4.39 Å². The van der Waals surface area contributed by atoms with Crippen molar-refractivity contribution in [1.82, 2.24) is 5.32 Å². The van der Waals surface area contributed by atoms with Crippen LogP contribution in [0.3, 0.4) is 0 Å². The van der Waals surface area contributed by atoms with E-state index in [4.69, 9.17) is 0 Å². The highest BCUT2D eigenvalue weighted by molar-refractivity contribution is 5.26. The van der Waals surface area contributed by atoms with Gasteiger partial charge >= 0.3 is 0 Å². The lowest BCUT2D eigenvalue weighted by atomic mass is 9.55. The number of hydrogen-bond donors (Lipinski definition) is 1. The van der Waals surface area contributed by atoms with Crippen molar-refractivity contribution in [2.45, 2.75) is 51.9 Å². The molecule has 1 aromatic rings. The maximum Gasteiger partial charge on any atom is 0.126 e. The first-order valence-electron chi connectivity index (χ1n) is 7.98. The summed E-state index contributed by atoms with van der Waals surface area (Å²) < 4.78 is 14.3. The van der Waals surface area contributed by atoms with Crippen molar-refractivity contribution in [3.05, 3.63) is 35.6 Å². The molecule has 1 aliphatic heterocycles. The van der Waals surface area contributed by atoms with E-state index in [2.05, 4.69) is 19.2 Å². The summed E-state index contributed by atoms with van der Waals surface area (Å²) in [5, 5.41) is 3.49. The van der Waals surface area contributed by atoms with Crippen LogP contribution in [0.5, 0.6) is 0 Å². The fourth-order valence-electron chi connectivity index (χ4n) is 4.73. The fraction of sp³-hybridized carbons (Fsp3) is 0.667. The van der Waals surface area contributed by atoms with Crippen molar-refractivity contribution in [2.75, 3.05) is 13.1 Å². The summed E-state index contributed by atoms with van der Waals surface area (Å²) in [6, 6.07) is 7.39. The van der Waals surface area contributed by atoms with Gasteiger partial charge in [0.2, 0.25) is 0 Å². The van der Waals surface area contributed by atoms with Gasteiger partial charge in [0.05, 0.1) is 0 Å². The molecule has 1 spiro atoms. The maximum atomic E-state index is 14.3. The van der Waals surface area contributed by atoms with Gasteiger partial charge in [-0.2, -0.15) is 0 Å². The Bertz CT molecular complexity index is 478. The molecule has 3 rings (SSSR count). The normalized spacial score (nSPS) is 33.2. The third-order valence-corrected chi connectivity index (χ3v) is 5.53.